The molecule has 0 saturated carbocycles. The van der Waals surface area contributed by atoms with Crippen LogP contribution in [-0.2, 0) is 6.42 Å². The third kappa shape index (κ3) is 3.54. The topological polar surface area (TPSA) is 21.3 Å². The van der Waals surface area contributed by atoms with Crippen molar-refractivity contribution < 1.29 is 4.74 Å². The minimum Gasteiger partial charge on any atom is -0.496 e. The van der Waals surface area contributed by atoms with E-state index in [0.29, 0.717) is 0 Å². The van der Waals surface area contributed by atoms with Gasteiger partial charge in [0.1, 0.15) is 5.75 Å². The standard InChI is InChI=1S/C16H20ClNOS/c1-4-18-14(16-15(19-3)7-8-20-16)10-12-6-5-11(2)9-13(12)17/h5-9,14,18H,4,10H2,1-3H3. The molecule has 108 valence electrons. The fourth-order valence-electron chi connectivity index (χ4n) is 2.27. The zero-order valence-corrected chi connectivity index (χ0v) is 13.6. The Bertz CT molecular complexity index is 567. The highest BCUT2D eigenvalue weighted by Crippen LogP contribution is 2.34. The monoisotopic (exact) mass is 309 g/mol. The van der Waals surface area contributed by atoms with Gasteiger partial charge in [-0.1, -0.05) is 30.7 Å². The summed E-state index contributed by atoms with van der Waals surface area (Å²) in [6.45, 7) is 5.08. The normalized spacial score (nSPS) is 12.4. The van der Waals surface area contributed by atoms with Crippen LogP contribution in [-0.4, -0.2) is 13.7 Å². The quantitative estimate of drug-likeness (QED) is 0.841. The second-order valence-electron chi connectivity index (χ2n) is 4.76. The molecule has 0 aliphatic rings. The predicted octanol–water partition coefficient (Wildman–Crippen LogP) is 4.61. The highest BCUT2D eigenvalue weighted by Gasteiger charge is 2.18. The molecule has 0 spiro atoms. The number of aryl methyl sites for hydroxylation is 1. The van der Waals surface area contributed by atoms with E-state index in [1.807, 2.05) is 12.1 Å². The molecule has 1 aromatic heterocycles. The first-order valence-electron chi connectivity index (χ1n) is 6.75. The van der Waals surface area contributed by atoms with E-state index in [1.165, 1.54) is 16.0 Å². The number of hydrogen-bond donors (Lipinski definition) is 1. The minimum absolute atomic E-state index is 0.232. The Balaban J connectivity index is 2.25. The van der Waals surface area contributed by atoms with Crippen molar-refractivity contribution in [2.75, 3.05) is 13.7 Å². The lowest BCUT2D eigenvalue weighted by molar-refractivity contribution is 0.403. The summed E-state index contributed by atoms with van der Waals surface area (Å²) < 4.78 is 5.44. The number of benzene rings is 1. The zero-order chi connectivity index (χ0) is 14.5. The minimum atomic E-state index is 0.232. The fourth-order valence-corrected chi connectivity index (χ4v) is 3.52. The van der Waals surface area contributed by atoms with Gasteiger partial charge in [0.15, 0.2) is 0 Å². The van der Waals surface area contributed by atoms with Gasteiger partial charge in [-0.15, -0.1) is 11.3 Å². The van der Waals surface area contributed by atoms with Crippen molar-refractivity contribution in [1.29, 1.82) is 0 Å². The molecule has 1 atom stereocenters. The third-order valence-corrected chi connectivity index (χ3v) is 4.64. The molecule has 1 N–H and O–H groups in total. The Labute approximate surface area is 129 Å². The van der Waals surface area contributed by atoms with Crippen LogP contribution in [0.2, 0.25) is 5.02 Å². The van der Waals surface area contributed by atoms with E-state index in [-0.39, 0.29) is 6.04 Å². The first-order chi connectivity index (χ1) is 9.65. The molecule has 0 saturated heterocycles. The number of thiophene rings is 1. The van der Waals surface area contributed by atoms with Crippen LogP contribution >= 0.6 is 22.9 Å². The van der Waals surface area contributed by atoms with E-state index < -0.39 is 0 Å². The van der Waals surface area contributed by atoms with Gasteiger partial charge in [0, 0.05) is 11.1 Å². The Kier molecular flexibility index (Phi) is 5.46. The highest BCUT2D eigenvalue weighted by atomic mass is 35.5. The Hall–Kier alpha value is -1.03. The summed E-state index contributed by atoms with van der Waals surface area (Å²) in [5, 5.41) is 6.42. The lowest BCUT2D eigenvalue weighted by atomic mass is 10.0. The Morgan fingerprint density at radius 3 is 2.80 bits per heavy atom. The van der Waals surface area contributed by atoms with E-state index in [0.717, 1.165) is 23.7 Å². The number of halogens is 1. The molecule has 1 heterocycles. The van der Waals surface area contributed by atoms with Crippen LogP contribution in [0.3, 0.4) is 0 Å². The molecule has 1 aromatic carbocycles. The van der Waals surface area contributed by atoms with Crippen molar-refractivity contribution in [2.45, 2.75) is 26.3 Å². The summed E-state index contributed by atoms with van der Waals surface area (Å²) in [5.41, 5.74) is 2.35. The summed E-state index contributed by atoms with van der Waals surface area (Å²) >= 11 is 8.07. The summed E-state index contributed by atoms with van der Waals surface area (Å²) in [7, 11) is 1.72. The molecule has 0 radical (unpaired) electrons. The summed E-state index contributed by atoms with van der Waals surface area (Å²) in [6.07, 6.45) is 0.865. The molecule has 2 aromatic rings. The second-order valence-corrected chi connectivity index (χ2v) is 6.12. The van der Waals surface area contributed by atoms with Crippen LogP contribution in [0.5, 0.6) is 5.75 Å². The van der Waals surface area contributed by atoms with E-state index in [9.17, 15) is 0 Å². The van der Waals surface area contributed by atoms with Gasteiger partial charge in [0.2, 0.25) is 0 Å². The number of likely N-dealkylation sites (N-methyl/N-ethyl adjacent to an activating group) is 1. The largest absolute Gasteiger partial charge is 0.496 e. The smallest absolute Gasteiger partial charge is 0.134 e. The van der Waals surface area contributed by atoms with E-state index >= 15 is 0 Å². The molecule has 1 unspecified atom stereocenters. The molecule has 0 aliphatic heterocycles. The predicted molar refractivity (Wildman–Crippen MR) is 87.2 cm³/mol. The lowest BCUT2D eigenvalue weighted by Gasteiger charge is -2.19. The zero-order valence-electron chi connectivity index (χ0n) is 12.1. The molecule has 2 nitrogen and oxygen atoms in total. The maximum absolute atomic E-state index is 6.35. The number of ether oxygens (including phenoxy) is 1. The van der Waals surface area contributed by atoms with Crippen LogP contribution in [0.25, 0.3) is 0 Å². The number of rotatable bonds is 6. The molecule has 0 aliphatic carbocycles. The third-order valence-electron chi connectivity index (χ3n) is 3.28. The van der Waals surface area contributed by atoms with E-state index in [4.69, 9.17) is 16.3 Å². The van der Waals surface area contributed by atoms with Gasteiger partial charge in [0.25, 0.3) is 0 Å². The fraction of sp³-hybridized carbons (Fsp3) is 0.375. The van der Waals surface area contributed by atoms with Crippen molar-refractivity contribution in [3.63, 3.8) is 0 Å². The van der Waals surface area contributed by atoms with E-state index in [2.05, 4.69) is 36.7 Å². The summed E-state index contributed by atoms with van der Waals surface area (Å²) in [4.78, 5) is 1.23. The summed E-state index contributed by atoms with van der Waals surface area (Å²) in [5.74, 6) is 0.948. The molecule has 0 amide bonds. The Morgan fingerprint density at radius 2 is 2.15 bits per heavy atom. The number of hydrogen-bond acceptors (Lipinski definition) is 3. The van der Waals surface area contributed by atoms with Crippen molar-refractivity contribution in [3.05, 3.63) is 50.7 Å². The van der Waals surface area contributed by atoms with Crippen LogP contribution < -0.4 is 10.1 Å². The van der Waals surface area contributed by atoms with Crippen molar-refractivity contribution in [2.24, 2.45) is 0 Å². The van der Waals surface area contributed by atoms with Crippen LogP contribution in [0.15, 0.2) is 29.6 Å². The molecule has 0 bridgehead atoms. The average Bonchev–Trinajstić information content (AvgIpc) is 2.89. The molecule has 0 fully saturated rings. The molecular weight excluding hydrogens is 290 g/mol. The molecule has 4 heteroatoms. The highest BCUT2D eigenvalue weighted by molar-refractivity contribution is 7.10. The van der Waals surface area contributed by atoms with Crippen LogP contribution in [0, 0.1) is 6.92 Å². The SMILES string of the molecule is CCNC(Cc1ccc(C)cc1Cl)c1sccc1OC. The first-order valence-corrected chi connectivity index (χ1v) is 8.01. The van der Waals surface area contributed by atoms with Gasteiger partial charge in [-0.2, -0.15) is 0 Å². The van der Waals surface area contributed by atoms with Gasteiger partial charge in [-0.3, -0.25) is 0 Å². The number of methoxy groups -OCH3 is 1. The maximum Gasteiger partial charge on any atom is 0.134 e. The van der Waals surface area contributed by atoms with Crippen LogP contribution in [0.1, 0.15) is 29.0 Å². The van der Waals surface area contributed by atoms with Gasteiger partial charge in [-0.05, 0) is 48.5 Å². The summed E-state index contributed by atoms with van der Waals surface area (Å²) in [6, 6.07) is 8.49. The first kappa shape index (κ1) is 15.4. The van der Waals surface area contributed by atoms with Gasteiger partial charge >= 0.3 is 0 Å². The average molecular weight is 310 g/mol. The van der Waals surface area contributed by atoms with Crippen molar-refractivity contribution >= 4 is 22.9 Å². The van der Waals surface area contributed by atoms with Gasteiger partial charge < -0.3 is 10.1 Å². The Morgan fingerprint density at radius 1 is 1.35 bits per heavy atom. The number of nitrogens with one attached hydrogen (secondary N) is 1. The van der Waals surface area contributed by atoms with E-state index in [1.54, 1.807) is 18.4 Å². The van der Waals surface area contributed by atoms with Crippen LogP contribution in [0.4, 0.5) is 0 Å². The van der Waals surface area contributed by atoms with Gasteiger partial charge in [0.05, 0.1) is 12.0 Å². The lowest BCUT2D eigenvalue weighted by Crippen LogP contribution is -2.22. The van der Waals surface area contributed by atoms with Crippen molar-refractivity contribution in [3.8, 4) is 5.75 Å². The molecular formula is C16H20ClNOS. The van der Waals surface area contributed by atoms with Gasteiger partial charge in [-0.25, -0.2) is 0 Å². The second kappa shape index (κ2) is 7.11. The van der Waals surface area contributed by atoms with Crippen molar-refractivity contribution in [1.82, 2.24) is 5.32 Å². The maximum atomic E-state index is 6.35. The molecule has 2 rings (SSSR count). The molecule has 20 heavy (non-hydrogen) atoms.